The highest BCUT2D eigenvalue weighted by Gasteiger charge is 2.32. The molecular weight excluding hydrogens is 398 g/mol. The van der Waals surface area contributed by atoms with Gasteiger partial charge in [0.15, 0.2) is 11.6 Å². The number of nitrogens with zero attached hydrogens (tertiary/aromatic N) is 2. The Morgan fingerprint density at radius 3 is 2.60 bits per heavy atom. The standard InChI is InChI=1S/C17H23BrF2N2O3/c1-17(2,3)25-16(24)22-7-6-21(12(9-22)10-23)8-11-4-5-13(18)15(20)14(11)19/h4-5,12,23H,6-10H2,1-3H3/t12-/m1/s1. The molecule has 0 spiro atoms. The zero-order valence-corrected chi connectivity index (χ0v) is 16.1. The number of aliphatic hydroxyl groups excluding tert-OH is 1. The van der Waals surface area contributed by atoms with E-state index >= 15 is 0 Å². The number of halogens is 3. The van der Waals surface area contributed by atoms with Gasteiger partial charge < -0.3 is 14.7 Å². The van der Waals surface area contributed by atoms with Gasteiger partial charge in [0.1, 0.15) is 5.60 Å². The Hall–Kier alpha value is -1.25. The summed E-state index contributed by atoms with van der Waals surface area (Å²) in [5, 5.41) is 9.64. The van der Waals surface area contributed by atoms with Crippen molar-refractivity contribution >= 4 is 22.0 Å². The number of piperazine rings is 1. The summed E-state index contributed by atoms with van der Waals surface area (Å²) in [5.41, 5.74) is -0.383. The van der Waals surface area contributed by atoms with Crippen LogP contribution in [0.25, 0.3) is 0 Å². The molecule has 0 radical (unpaired) electrons. The maximum absolute atomic E-state index is 14.1. The molecule has 0 aromatic heterocycles. The average molecular weight is 421 g/mol. The molecule has 1 N–H and O–H groups in total. The van der Waals surface area contributed by atoms with Gasteiger partial charge in [0.05, 0.1) is 17.1 Å². The Kier molecular flexibility index (Phi) is 6.40. The predicted molar refractivity (Wildman–Crippen MR) is 93.1 cm³/mol. The van der Waals surface area contributed by atoms with E-state index in [2.05, 4.69) is 15.9 Å². The fourth-order valence-electron chi connectivity index (χ4n) is 2.67. The molecule has 8 heteroatoms. The summed E-state index contributed by atoms with van der Waals surface area (Å²) in [5.74, 6) is -1.83. The van der Waals surface area contributed by atoms with Gasteiger partial charge in [-0.1, -0.05) is 6.07 Å². The molecule has 1 amide bonds. The zero-order chi connectivity index (χ0) is 18.8. The van der Waals surface area contributed by atoms with Gasteiger partial charge in [-0.15, -0.1) is 0 Å². The van der Waals surface area contributed by atoms with E-state index in [4.69, 9.17) is 4.74 Å². The van der Waals surface area contributed by atoms with Gasteiger partial charge in [-0.2, -0.15) is 0 Å². The van der Waals surface area contributed by atoms with Crippen LogP contribution < -0.4 is 0 Å². The SMILES string of the molecule is CC(C)(C)OC(=O)N1CCN(Cc2ccc(Br)c(F)c2F)[C@@H](CO)C1. The van der Waals surface area contributed by atoms with Crippen LogP contribution in [0.4, 0.5) is 13.6 Å². The van der Waals surface area contributed by atoms with E-state index in [1.165, 1.54) is 17.0 Å². The first-order valence-electron chi connectivity index (χ1n) is 8.07. The first-order valence-corrected chi connectivity index (χ1v) is 8.87. The largest absolute Gasteiger partial charge is 0.444 e. The number of aliphatic hydroxyl groups is 1. The number of carbonyl (C=O) groups excluding carboxylic acids is 1. The molecule has 25 heavy (non-hydrogen) atoms. The van der Waals surface area contributed by atoms with Crippen LogP contribution in [0.3, 0.4) is 0 Å². The Morgan fingerprint density at radius 1 is 1.32 bits per heavy atom. The number of hydrogen-bond donors (Lipinski definition) is 1. The topological polar surface area (TPSA) is 53.0 Å². The van der Waals surface area contributed by atoms with Crippen LogP contribution in [0.15, 0.2) is 16.6 Å². The third-order valence-corrected chi connectivity index (χ3v) is 4.57. The van der Waals surface area contributed by atoms with Gasteiger partial charge in [-0.3, -0.25) is 4.90 Å². The van der Waals surface area contributed by atoms with Gasteiger partial charge in [-0.25, -0.2) is 13.6 Å². The van der Waals surface area contributed by atoms with Crippen molar-refractivity contribution in [3.63, 3.8) is 0 Å². The normalized spacial score (nSPS) is 19.2. The molecule has 5 nitrogen and oxygen atoms in total. The second-order valence-corrected chi connectivity index (χ2v) is 7.92. The lowest BCUT2D eigenvalue weighted by Crippen LogP contribution is -2.56. The molecule has 0 saturated carbocycles. The minimum Gasteiger partial charge on any atom is -0.444 e. The van der Waals surface area contributed by atoms with Crippen LogP contribution in [-0.2, 0) is 11.3 Å². The van der Waals surface area contributed by atoms with Crippen molar-refractivity contribution in [1.29, 1.82) is 0 Å². The lowest BCUT2D eigenvalue weighted by atomic mass is 10.1. The molecule has 0 unspecified atom stereocenters. The first kappa shape index (κ1) is 20.1. The maximum Gasteiger partial charge on any atom is 0.410 e. The summed E-state index contributed by atoms with van der Waals surface area (Å²) >= 11 is 2.95. The molecule has 1 atom stereocenters. The van der Waals surface area contributed by atoms with Crippen molar-refractivity contribution in [3.8, 4) is 0 Å². The zero-order valence-electron chi connectivity index (χ0n) is 14.6. The van der Waals surface area contributed by atoms with Gasteiger partial charge in [0.2, 0.25) is 0 Å². The van der Waals surface area contributed by atoms with E-state index in [-0.39, 0.29) is 35.8 Å². The molecule has 0 bridgehead atoms. The Morgan fingerprint density at radius 2 is 2.00 bits per heavy atom. The Bertz CT molecular complexity index is 637. The van der Waals surface area contributed by atoms with Crippen molar-refractivity contribution in [2.45, 2.75) is 39.0 Å². The van der Waals surface area contributed by atoms with E-state index in [0.29, 0.717) is 13.1 Å². The first-order chi connectivity index (χ1) is 11.6. The number of amides is 1. The highest BCUT2D eigenvalue weighted by Crippen LogP contribution is 2.24. The van der Waals surface area contributed by atoms with E-state index in [9.17, 15) is 18.7 Å². The summed E-state index contributed by atoms with van der Waals surface area (Å²) in [4.78, 5) is 15.5. The summed E-state index contributed by atoms with van der Waals surface area (Å²) in [6, 6.07) is 2.60. The molecule has 1 aromatic rings. The van der Waals surface area contributed by atoms with Crippen LogP contribution in [0, 0.1) is 11.6 Å². The van der Waals surface area contributed by atoms with E-state index < -0.39 is 23.3 Å². The minimum absolute atomic E-state index is 0.0715. The van der Waals surface area contributed by atoms with Crippen LogP contribution >= 0.6 is 15.9 Å². The third kappa shape index (κ3) is 5.12. The van der Waals surface area contributed by atoms with Crippen molar-refractivity contribution < 1.29 is 23.4 Å². The summed E-state index contributed by atoms with van der Waals surface area (Å²) in [7, 11) is 0. The van der Waals surface area contributed by atoms with E-state index in [1.807, 2.05) is 4.90 Å². The maximum atomic E-state index is 14.1. The lowest BCUT2D eigenvalue weighted by molar-refractivity contribution is -0.00635. The smallest absolute Gasteiger partial charge is 0.410 e. The van der Waals surface area contributed by atoms with E-state index in [0.717, 1.165) is 0 Å². The van der Waals surface area contributed by atoms with Crippen LogP contribution in [-0.4, -0.2) is 58.9 Å². The Balaban J connectivity index is 2.05. The Labute approximate surface area is 154 Å². The highest BCUT2D eigenvalue weighted by molar-refractivity contribution is 9.10. The molecule has 1 saturated heterocycles. The minimum atomic E-state index is -0.926. The second kappa shape index (κ2) is 7.97. The van der Waals surface area contributed by atoms with E-state index in [1.54, 1.807) is 20.8 Å². The van der Waals surface area contributed by atoms with Gasteiger partial charge in [0, 0.05) is 31.7 Å². The fourth-order valence-corrected chi connectivity index (χ4v) is 2.98. The summed E-state index contributed by atoms with van der Waals surface area (Å²) in [6.07, 6.45) is -0.438. The van der Waals surface area contributed by atoms with Crippen LogP contribution in [0.1, 0.15) is 26.3 Å². The summed E-state index contributed by atoms with van der Waals surface area (Å²) < 4.78 is 33.2. The molecule has 1 aliphatic heterocycles. The van der Waals surface area contributed by atoms with Gasteiger partial charge in [-0.05, 0) is 42.8 Å². The monoisotopic (exact) mass is 420 g/mol. The molecule has 1 heterocycles. The number of carbonyl (C=O) groups is 1. The van der Waals surface area contributed by atoms with Gasteiger partial charge in [0.25, 0.3) is 0 Å². The van der Waals surface area contributed by atoms with Crippen molar-refractivity contribution in [2.24, 2.45) is 0 Å². The van der Waals surface area contributed by atoms with Crippen LogP contribution in [0.5, 0.6) is 0 Å². The van der Waals surface area contributed by atoms with Crippen molar-refractivity contribution in [3.05, 3.63) is 33.8 Å². The number of hydrogen-bond acceptors (Lipinski definition) is 4. The predicted octanol–water partition coefficient (Wildman–Crippen LogP) is 3.14. The van der Waals surface area contributed by atoms with Crippen molar-refractivity contribution in [2.75, 3.05) is 26.2 Å². The van der Waals surface area contributed by atoms with Crippen LogP contribution in [0.2, 0.25) is 0 Å². The lowest BCUT2D eigenvalue weighted by Gasteiger charge is -2.41. The second-order valence-electron chi connectivity index (χ2n) is 7.07. The van der Waals surface area contributed by atoms with Gasteiger partial charge >= 0.3 is 6.09 Å². The molecule has 140 valence electrons. The third-order valence-electron chi connectivity index (χ3n) is 3.96. The molecule has 1 aliphatic rings. The molecular formula is C17H23BrF2N2O3. The average Bonchev–Trinajstić information content (AvgIpc) is 2.54. The number of benzene rings is 1. The fraction of sp³-hybridized carbons (Fsp3) is 0.588. The molecule has 1 aromatic carbocycles. The molecule has 2 rings (SSSR count). The molecule has 1 fully saturated rings. The highest BCUT2D eigenvalue weighted by atomic mass is 79.9. The number of rotatable bonds is 3. The van der Waals surface area contributed by atoms with Crippen molar-refractivity contribution in [1.82, 2.24) is 9.80 Å². The molecule has 0 aliphatic carbocycles. The quantitative estimate of drug-likeness (QED) is 0.763. The summed E-state index contributed by atoms with van der Waals surface area (Å²) in [6.45, 7) is 6.42. The number of ether oxygens (including phenoxy) is 1.